The number of hydrogen-bond acceptors (Lipinski definition) is 1. The fourth-order valence-corrected chi connectivity index (χ4v) is 0.932. The van der Waals surface area contributed by atoms with Crippen molar-refractivity contribution in [1.82, 2.24) is 0 Å². The van der Waals surface area contributed by atoms with E-state index in [9.17, 15) is 4.79 Å². The quantitative estimate of drug-likeness (QED) is 0.676. The van der Waals surface area contributed by atoms with Crippen LogP contribution in [0.25, 0.3) is 0 Å². The number of carbonyl (C=O) groups excluding carboxylic acids is 1. The van der Waals surface area contributed by atoms with E-state index in [0.29, 0.717) is 0 Å². The van der Waals surface area contributed by atoms with Crippen LogP contribution in [0.1, 0.15) is 45.7 Å². The van der Waals surface area contributed by atoms with Crippen molar-refractivity contribution in [3.8, 4) is 0 Å². The van der Waals surface area contributed by atoms with Gasteiger partial charge in [-0.15, -0.1) is 0 Å². The number of ketones is 1. The zero-order chi connectivity index (χ0) is 12.3. The highest BCUT2D eigenvalue weighted by Gasteiger charge is 1.85. The molecule has 86 valence electrons. The van der Waals surface area contributed by atoms with E-state index < -0.39 is 0 Å². The lowest BCUT2D eigenvalue weighted by Crippen LogP contribution is -1.78. The summed E-state index contributed by atoms with van der Waals surface area (Å²) in [5.41, 5.74) is 2.78. The molecule has 0 saturated carbocycles. The Bertz CT molecular complexity index is 260. The average Bonchev–Trinajstić information content (AvgIpc) is 2.20. The molecule has 0 atom stereocenters. The zero-order valence-electron chi connectivity index (χ0n) is 10.9. The molecule has 0 bridgehead atoms. The molecule has 0 saturated heterocycles. The summed E-state index contributed by atoms with van der Waals surface area (Å²) in [7, 11) is 0. The van der Waals surface area contributed by atoms with Crippen LogP contribution in [0.3, 0.4) is 0 Å². The number of rotatable bonds is 1. The minimum atomic E-state index is 0.167. The van der Waals surface area contributed by atoms with Gasteiger partial charge in [0.1, 0.15) is 5.78 Å². The third-order valence-electron chi connectivity index (χ3n) is 1.49. The van der Waals surface area contributed by atoms with Gasteiger partial charge < -0.3 is 4.79 Å². The first-order valence-corrected chi connectivity index (χ1v) is 5.59. The van der Waals surface area contributed by atoms with Crippen molar-refractivity contribution in [2.45, 2.75) is 48.0 Å². The molecule has 15 heavy (non-hydrogen) atoms. The van der Waals surface area contributed by atoms with Crippen LogP contribution in [0.4, 0.5) is 0 Å². The van der Waals surface area contributed by atoms with Gasteiger partial charge in [0.25, 0.3) is 0 Å². The molecule has 1 aromatic rings. The lowest BCUT2D eigenvalue weighted by Gasteiger charge is -1.95. The second-order valence-electron chi connectivity index (χ2n) is 3.25. The highest BCUT2D eigenvalue weighted by Crippen LogP contribution is 2.03. The normalized spacial score (nSPS) is 7.87. The highest BCUT2D eigenvalue weighted by atomic mass is 16.1. The molecule has 0 aliphatic rings. The summed E-state index contributed by atoms with van der Waals surface area (Å²) in [5, 5.41) is 0. The molecule has 1 rings (SSSR count). The van der Waals surface area contributed by atoms with Crippen LogP contribution in [0, 0.1) is 6.92 Å². The first kappa shape index (κ1) is 16.3. The Balaban J connectivity index is 0. The summed E-state index contributed by atoms with van der Waals surface area (Å²) >= 11 is 0. The van der Waals surface area contributed by atoms with Crippen molar-refractivity contribution in [1.29, 1.82) is 0 Å². The molecule has 0 aliphatic heterocycles. The lowest BCUT2D eigenvalue weighted by molar-refractivity contribution is -0.114. The molecule has 0 radical (unpaired) electrons. The van der Waals surface area contributed by atoms with E-state index in [2.05, 4.69) is 38.1 Å². The average molecular weight is 208 g/mol. The third kappa shape index (κ3) is 12.9. The second kappa shape index (κ2) is 11.0. The van der Waals surface area contributed by atoms with Gasteiger partial charge in [-0.05, 0) is 32.8 Å². The predicted molar refractivity (Wildman–Crippen MR) is 68.3 cm³/mol. The molecule has 0 heterocycles. The Morgan fingerprint density at radius 3 is 1.93 bits per heavy atom. The Hall–Kier alpha value is -1.11. The van der Waals surface area contributed by atoms with Gasteiger partial charge in [0.15, 0.2) is 0 Å². The number of Topliss-reactive ketones (excluding diaryl/α,β-unsaturated/α-hetero) is 1. The Morgan fingerprint density at radius 2 is 1.67 bits per heavy atom. The Kier molecular flexibility index (Phi) is 11.9. The maximum atomic E-state index is 9.44. The molecule has 1 nitrogen and oxygen atoms in total. The van der Waals surface area contributed by atoms with E-state index in [1.807, 2.05) is 13.8 Å². The molecule has 0 N–H and O–H groups in total. The Labute approximate surface area is 94.5 Å². The molecular formula is C14H24O. The van der Waals surface area contributed by atoms with E-state index in [-0.39, 0.29) is 5.78 Å². The van der Waals surface area contributed by atoms with E-state index in [4.69, 9.17) is 0 Å². The molecule has 1 aromatic carbocycles. The second-order valence-corrected chi connectivity index (χ2v) is 3.25. The molecule has 0 spiro atoms. The number of aryl methyl sites for hydroxylation is 2. The monoisotopic (exact) mass is 208 g/mol. The van der Waals surface area contributed by atoms with E-state index >= 15 is 0 Å². The van der Waals surface area contributed by atoms with Gasteiger partial charge >= 0.3 is 0 Å². The van der Waals surface area contributed by atoms with Gasteiger partial charge in [-0.1, -0.05) is 50.6 Å². The first-order valence-electron chi connectivity index (χ1n) is 5.59. The van der Waals surface area contributed by atoms with Crippen LogP contribution in [-0.2, 0) is 11.2 Å². The number of benzene rings is 1. The molecule has 0 aliphatic carbocycles. The van der Waals surface area contributed by atoms with E-state index in [0.717, 1.165) is 6.42 Å². The third-order valence-corrected chi connectivity index (χ3v) is 1.49. The topological polar surface area (TPSA) is 17.1 Å². The first-order chi connectivity index (χ1) is 7.06. The Morgan fingerprint density at radius 1 is 1.20 bits per heavy atom. The fraction of sp³-hybridized carbons (Fsp3) is 0.500. The molecule has 0 aromatic heterocycles. The molecule has 1 heteroatoms. The summed E-state index contributed by atoms with van der Waals surface area (Å²) in [4.78, 5) is 9.44. The maximum Gasteiger partial charge on any atom is 0.126 e. The summed E-state index contributed by atoms with van der Waals surface area (Å²) in [5.74, 6) is 0.167. The fourth-order valence-electron chi connectivity index (χ4n) is 0.932. The van der Waals surface area contributed by atoms with Crippen LogP contribution in [0.2, 0.25) is 0 Å². The molecule has 0 unspecified atom stereocenters. The number of carbonyl (C=O) groups is 1. The lowest BCUT2D eigenvalue weighted by atomic mass is 10.1. The van der Waals surface area contributed by atoms with Crippen molar-refractivity contribution < 1.29 is 4.79 Å². The SMILES string of the molecule is CC.CC(C)=O.CCc1cccc(C)c1. The highest BCUT2D eigenvalue weighted by molar-refractivity contribution is 5.72. The summed E-state index contributed by atoms with van der Waals surface area (Å²) in [6, 6.07) is 8.61. The van der Waals surface area contributed by atoms with Crippen LogP contribution in [0.5, 0.6) is 0 Å². The van der Waals surface area contributed by atoms with E-state index in [1.54, 1.807) is 0 Å². The van der Waals surface area contributed by atoms with Crippen molar-refractivity contribution in [2.24, 2.45) is 0 Å². The summed E-state index contributed by atoms with van der Waals surface area (Å²) in [6.07, 6.45) is 1.14. The summed E-state index contributed by atoms with van der Waals surface area (Å²) < 4.78 is 0. The van der Waals surface area contributed by atoms with Gasteiger partial charge in [0, 0.05) is 0 Å². The van der Waals surface area contributed by atoms with Gasteiger partial charge in [-0.2, -0.15) is 0 Å². The van der Waals surface area contributed by atoms with Gasteiger partial charge in [0.05, 0.1) is 0 Å². The molecular weight excluding hydrogens is 184 g/mol. The van der Waals surface area contributed by atoms with Crippen LogP contribution < -0.4 is 0 Å². The predicted octanol–water partition coefficient (Wildman–Crippen LogP) is 4.18. The standard InChI is InChI=1S/C9H12.C3H6O.C2H6/c1-3-9-6-4-5-8(2)7-9;1-3(2)4;1-2/h4-7H,3H2,1-2H3;1-2H3;1-2H3. The largest absolute Gasteiger partial charge is 0.300 e. The zero-order valence-corrected chi connectivity index (χ0v) is 10.9. The number of hydrogen-bond donors (Lipinski definition) is 0. The van der Waals surface area contributed by atoms with Crippen molar-refractivity contribution in [2.75, 3.05) is 0 Å². The maximum absolute atomic E-state index is 9.44. The van der Waals surface area contributed by atoms with Gasteiger partial charge in [-0.25, -0.2) is 0 Å². The van der Waals surface area contributed by atoms with E-state index in [1.165, 1.54) is 25.0 Å². The van der Waals surface area contributed by atoms with Gasteiger partial charge in [-0.3, -0.25) is 0 Å². The van der Waals surface area contributed by atoms with Crippen LogP contribution >= 0.6 is 0 Å². The van der Waals surface area contributed by atoms with Gasteiger partial charge in [0.2, 0.25) is 0 Å². The summed E-state index contributed by atoms with van der Waals surface area (Å²) in [6.45, 7) is 11.4. The van der Waals surface area contributed by atoms with Crippen molar-refractivity contribution in [3.63, 3.8) is 0 Å². The van der Waals surface area contributed by atoms with Crippen molar-refractivity contribution >= 4 is 5.78 Å². The van der Waals surface area contributed by atoms with Crippen molar-refractivity contribution in [3.05, 3.63) is 35.4 Å². The molecule has 0 amide bonds. The van der Waals surface area contributed by atoms with Crippen LogP contribution in [0.15, 0.2) is 24.3 Å². The minimum Gasteiger partial charge on any atom is -0.300 e. The molecule has 0 fully saturated rings. The van der Waals surface area contributed by atoms with Crippen LogP contribution in [-0.4, -0.2) is 5.78 Å². The minimum absolute atomic E-state index is 0.167. The smallest absolute Gasteiger partial charge is 0.126 e.